The van der Waals surface area contributed by atoms with E-state index in [2.05, 4.69) is 57.5 Å². The summed E-state index contributed by atoms with van der Waals surface area (Å²) in [7, 11) is 3.37. The number of fused-ring (bicyclic) bond motifs is 1. The van der Waals surface area contributed by atoms with Crippen molar-refractivity contribution in [1.82, 2.24) is 9.69 Å². The van der Waals surface area contributed by atoms with Crippen LogP contribution in [0.4, 0.5) is 5.82 Å². The number of methoxy groups -OCH3 is 2. The van der Waals surface area contributed by atoms with E-state index in [4.69, 9.17) is 9.47 Å². The van der Waals surface area contributed by atoms with Gasteiger partial charge in [-0.25, -0.2) is 0 Å². The summed E-state index contributed by atoms with van der Waals surface area (Å²) < 4.78 is 16.2. The Kier molecular flexibility index (Phi) is 7.02. The highest BCUT2D eigenvalue weighted by atomic mass is 32.1. The molecular weight excluding hydrogens is 406 g/mol. The van der Waals surface area contributed by atoms with E-state index in [1.54, 1.807) is 14.2 Å². The highest BCUT2D eigenvalue weighted by Gasteiger charge is 2.06. The summed E-state index contributed by atoms with van der Waals surface area (Å²) >= 11 is 1.51. The predicted octanol–water partition coefficient (Wildman–Crippen LogP) is 5.57. The van der Waals surface area contributed by atoms with Gasteiger partial charge in [-0.05, 0) is 71.5 Å². The number of hydrogen-bond donors (Lipinski definition) is 2. The van der Waals surface area contributed by atoms with Crippen LogP contribution in [0.25, 0.3) is 21.2 Å². The van der Waals surface area contributed by atoms with E-state index in [1.807, 2.05) is 24.3 Å². The first kappa shape index (κ1) is 21.2. The fraction of sp³-hybridized carbons (Fsp3) is 0.240. The van der Waals surface area contributed by atoms with Crippen molar-refractivity contribution in [3.8, 4) is 22.6 Å². The molecule has 0 aliphatic heterocycles. The quantitative estimate of drug-likeness (QED) is 0.320. The van der Waals surface area contributed by atoms with E-state index in [9.17, 15) is 0 Å². The molecule has 0 saturated heterocycles. The summed E-state index contributed by atoms with van der Waals surface area (Å²) in [4.78, 5) is 0. The van der Waals surface area contributed by atoms with Gasteiger partial charge in [0.1, 0.15) is 17.3 Å². The average molecular weight is 434 g/mol. The summed E-state index contributed by atoms with van der Waals surface area (Å²) in [5.41, 5.74) is 3.68. The van der Waals surface area contributed by atoms with Crippen molar-refractivity contribution in [1.29, 1.82) is 0 Å². The molecule has 3 aromatic carbocycles. The maximum absolute atomic E-state index is 5.32. The maximum atomic E-state index is 5.32. The molecule has 0 unspecified atom stereocenters. The van der Waals surface area contributed by atoms with Gasteiger partial charge in [-0.1, -0.05) is 36.4 Å². The Morgan fingerprint density at radius 1 is 0.806 bits per heavy atom. The molecule has 0 amide bonds. The molecule has 160 valence electrons. The number of benzene rings is 3. The van der Waals surface area contributed by atoms with E-state index >= 15 is 0 Å². The second-order valence-electron chi connectivity index (χ2n) is 7.28. The van der Waals surface area contributed by atoms with Crippen LogP contribution in [-0.4, -0.2) is 31.7 Å². The minimum atomic E-state index is 0.857. The molecule has 0 spiro atoms. The molecular formula is C25H27N3O2S. The van der Waals surface area contributed by atoms with Gasteiger partial charge in [-0.2, -0.15) is 4.37 Å². The monoisotopic (exact) mass is 433 g/mol. The fourth-order valence-electron chi connectivity index (χ4n) is 3.42. The molecule has 1 heterocycles. The molecule has 0 radical (unpaired) electrons. The van der Waals surface area contributed by atoms with Crippen LogP contribution in [0, 0.1) is 0 Å². The lowest BCUT2D eigenvalue weighted by Crippen LogP contribution is -2.17. The topological polar surface area (TPSA) is 55.4 Å². The largest absolute Gasteiger partial charge is 0.497 e. The Bertz CT molecular complexity index is 1110. The summed E-state index contributed by atoms with van der Waals surface area (Å²) in [5.74, 6) is 2.67. The van der Waals surface area contributed by atoms with Crippen molar-refractivity contribution in [2.24, 2.45) is 0 Å². The van der Waals surface area contributed by atoms with Crippen LogP contribution in [0.5, 0.6) is 11.5 Å². The average Bonchev–Trinajstić information content (AvgIpc) is 3.24. The molecule has 0 saturated carbocycles. The van der Waals surface area contributed by atoms with Crippen molar-refractivity contribution in [2.75, 3.05) is 32.6 Å². The zero-order valence-electron chi connectivity index (χ0n) is 17.9. The molecule has 4 aromatic rings. The van der Waals surface area contributed by atoms with Crippen LogP contribution in [0.2, 0.25) is 0 Å². The van der Waals surface area contributed by atoms with Gasteiger partial charge < -0.3 is 20.1 Å². The number of rotatable bonds is 10. The molecule has 0 aliphatic carbocycles. The van der Waals surface area contributed by atoms with Gasteiger partial charge in [-0.15, -0.1) is 0 Å². The van der Waals surface area contributed by atoms with Gasteiger partial charge >= 0.3 is 0 Å². The molecule has 1 aromatic heterocycles. The first-order valence-electron chi connectivity index (χ1n) is 10.4. The summed E-state index contributed by atoms with van der Waals surface area (Å²) in [6.45, 7) is 2.68. The lowest BCUT2D eigenvalue weighted by molar-refractivity contribution is 0.415. The smallest absolute Gasteiger partial charge is 0.147 e. The number of ether oxygens (including phenoxy) is 2. The number of hydrogen-bond acceptors (Lipinski definition) is 6. The van der Waals surface area contributed by atoms with Crippen LogP contribution in [0.1, 0.15) is 12.0 Å². The lowest BCUT2D eigenvalue weighted by atomic mass is 10.0. The minimum absolute atomic E-state index is 0.857. The van der Waals surface area contributed by atoms with Gasteiger partial charge in [-0.3, -0.25) is 0 Å². The van der Waals surface area contributed by atoms with Gasteiger partial charge in [0.25, 0.3) is 0 Å². The van der Waals surface area contributed by atoms with E-state index in [-0.39, 0.29) is 0 Å². The van der Waals surface area contributed by atoms with Crippen LogP contribution in [0.15, 0.2) is 66.7 Å². The molecule has 2 N–H and O–H groups in total. The number of nitrogens with zero attached hydrogens (tertiary/aromatic N) is 1. The van der Waals surface area contributed by atoms with Gasteiger partial charge in [0.15, 0.2) is 0 Å². The van der Waals surface area contributed by atoms with E-state index in [1.165, 1.54) is 32.9 Å². The number of nitrogens with one attached hydrogen (secondary N) is 2. The van der Waals surface area contributed by atoms with Crippen molar-refractivity contribution >= 4 is 27.4 Å². The van der Waals surface area contributed by atoms with Crippen LogP contribution < -0.4 is 20.1 Å². The first-order chi connectivity index (χ1) is 15.3. The Labute approximate surface area is 187 Å². The zero-order valence-corrected chi connectivity index (χ0v) is 18.7. The third-order valence-electron chi connectivity index (χ3n) is 5.21. The second-order valence-corrected chi connectivity index (χ2v) is 8.08. The van der Waals surface area contributed by atoms with Crippen molar-refractivity contribution in [2.45, 2.75) is 13.0 Å². The number of aromatic nitrogens is 1. The standard InChI is InChI=1S/C25H27N3O2S/c1-29-21-10-8-20(9-11-21)19-6-4-18(5-7-19)17-26-14-3-15-27-25-23-16-22(30-2)12-13-24(23)31-28-25/h4-13,16,26H,3,14-15,17H2,1-2H3,(H,27,28). The Morgan fingerprint density at radius 2 is 1.48 bits per heavy atom. The molecule has 4 rings (SSSR count). The van der Waals surface area contributed by atoms with E-state index in [0.29, 0.717) is 0 Å². The molecule has 31 heavy (non-hydrogen) atoms. The summed E-state index contributed by atoms with van der Waals surface area (Å²) in [6, 6.07) is 22.9. The van der Waals surface area contributed by atoms with Crippen molar-refractivity contribution in [3.63, 3.8) is 0 Å². The third kappa shape index (κ3) is 5.34. The normalized spacial score (nSPS) is 10.9. The first-order valence-corrected chi connectivity index (χ1v) is 11.2. The summed E-state index contributed by atoms with van der Waals surface area (Å²) in [5, 5.41) is 8.08. The second kappa shape index (κ2) is 10.3. The van der Waals surface area contributed by atoms with Crippen LogP contribution in [-0.2, 0) is 6.54 Å². The fourth-order valence-corrected chi connectivity index (χ4v) is 4.16. The van der Waals surface area contributed by atoms with E-state index in [0.717, 1.165) is 48.8 Å². The summed E-state index contributed by atoms with van der Waals surface area (Å²) in [6.07, 6.45) is 1.02. The maximum Gasteiger partial charge on any atom is 0.147 e. The molecule has 0 aliphatic rings. The molecule has 0 atom stereocenters. The van der Waals surface area contributed by atoms with Crippen molar-refractivity contribution in [3.05, 3.63) is 72.3 Å². The third-order valence-corrected chi connectivity index (χ3v) is 6.03. The lowest BCUT2D eigenvalue weighted by Gasteiger charge is -2.08. The van der Waals surface area contributed by atoms with Gasteiger partial charge in [0, 0.05) is 18.5 Å². The molecule has 0 fully saturated rings. The molecule has 6 heteroatoms. The predicted molar refractivity (Wildman–Crippen MR) is 129 cm³/mol. The van der Waals surface area contributed by atoms with Crippen LogP contribution >= 0.6 is 11.5 Å². The Morgan fingerprint density at radius 3 is 2.19 bits per heavy atom. The highest BCUT2D eigenvalue weighted by molar-refractivity contribution is 7.13. The molecule has 0 bridgehead atoms. The van der Waals surface area contributed by atoms with E-state index < -0.39 is 0 Å². The zero-order chi connectivity index (χ0) is 21.5. The SMILES string of the molecule is COc1ccc(-c2ccc(CNCCCNc3nsc4ccc(OC)cc34)cc2)cc1. The minimum Gasteiger partial charge on any atom is -0.497 e. The molecule has 5 nitrogen and oxygen atoms in total. The highest BCUT2D eigenvalue weighted by Crippen LogP contribution is 2.30. The van der Waals surface area contributed by atoms with Gasteiger partial charge in [0.05, 0.1) is 18.9 Å². The Balaban J connectivity index is 1.20. The number of anilines is 1. The van der Waals surface area contributed by atoms with Crippen molar-refractivity contribution < 1.29 is 9.47 Å². The Hall–Kier alpha value is -3.09. The van der Waals surface area contributed by atoms with Gasteiger partial charge in [0.2, 0.25) is 0 Å². The van der Waals surface area contributed by atoms with Crippen LogP contribution in [0.3, 0.4) is 0 Å².